The van der Waals surface area contributed by atoms with Gasteiger partial charge in [-0.25, -0.2) is 0 Å². The Morgan fingerprint density at radius 2 is 1.96 bits per heavy atom. The third-order valence-corrected chi connectivity index (χ3v) is 4.45. The standard InChI is InChI=1S/C17H37N5O.HI/c1-5-16(3)21(4)11-9-20-17(18-6-2)19-8-7-10-22-12-14-23-15-13-22;/h16H,5-15H2,1-4H3,(H2,18,19,20);1H. The van der Waals surface area contributed by atoms with Gasteiger partial charge < -0.3 is 20.3 Å². The number of ether oxygens (including phenoxy) is 1. The van der Waals surface area contributed by atoms with Crippen LogP contribution in [0.5, 0.6) is 0 Å². The maximum atomic E-state index is 5.37. The Labute approximate surface area is 165 Å². The molecule has 1 rings (SSSR count). The van der Waals surface area contributed by atoms with Gasteiger partial charge in [-0.05, 0) is 33.7 Å². The fourth-order valence-corrected chi connectivity index (χ4v) is 2.53. The second-order valence-corrected chi connectivity index (χ2v) is 6.23. The predicted molar refractivity (Wildman–Crippen MR) is 114 cm³/mol. The molecule has 1 atom stereocenters. The Morgan fingerprint density at radius 3 is 2.58 bits per heavy atom. The Kier molecular flexibility index (Phi) is 15.1. The summed E-state index contributed by atoms with van der Waals surface area (Å²) in [5.74, 6) is 0.937. The normalized spacial score (nSPS) is 17.5. The minimum atomic E-state index is 0. The van der Waals surface area contributed by atoms with E-state index in [1.807, 2.05) is 0 Å². The minimum absolute atomic E-state index is 0. The maximum Gasteiger partial charge on any atom is 0.191 e. The third kappa shape index (κ3) is 10.7. The molecule has 7 heteroatoms. The first-order chi connectivity index (χ1) is 11.2. The van der Waals surface area contributed by atoms with Gasteiger partial charge >= 0.3 is 0 Å². The van der Waals surface area contributed by atoms with Gasteiger partial charge in [-0.1, -0.05) is 6.92 Å². The quantitative estimate of drug-likeness (QED) is 0.227. The first-order valence-electron chi connectivity index (χ1n) is 9.19. The van der Waals surface area contributed by atoms with E-state index in [0.29, 0.717) is 6.04 Å². The van der Waals surface area contributed by atoms with Crippen molar-refractivity contribution in [1.29, 1.82) is 0 Å². The molecule has 6 nitrogen and oxygen atoms in total. The number of hydrogen-bond donors (Lipinski definition) is 2. The highest BCUT2D eigenvalue weighted by Gasteiger charge is 2.09. The second kappa shape index (κ2) is 15.2. The van der Waals surface area contributed by atoms with Gasteiger partial charge in [-0.3, -0.25) is 9.89 Å². The predicted octanol–water partition coefficient (Wildman–Crippen LogP) is 1.61. The first kappa shape index (κ1) is 23.9. The molecule has 1 heterocycles. The number of nitrogens with one attached hydrogen (secondary N) is 2. The van der Waals surface area contributed by atoms with E-state index in [1.54, 1.807) is 0 Å². The molecule has 0 amide bonds. The van der Waals surface area contributed by atoms with Gasteiger partial charge in [0.15, 0.2) is 5.96 Å². The number of likely N-dealkylation sites (N-methyl/N-ethyl adjacent to an activating group) is 1. The van der Waals surface area contributed by atoms with Crippen molar-refractivity contribution in [1.82, 2.24) is 20.4 Å². The van der Waals surface area contributed by atoms with Crippen molar-refractivity contribution >= 4 is 29.9 Å². The fourth-order valence-electron chi connectivity index (χ4n) is 2.53. The molecule has 2 N–H and O–H groups in total. The molecule has 1 saturated heterocycles. The average molecular weight is 455 g/mol. The summed E-state index contributed by atoms with van der Waals surface area (Å²) < 4.78 is 5.37. The Balaban J connectivity index is 0.00000529. The number of guanidine groups is 1. The van der Waals surface area contributed by atoms with Gasteiger partial charge in [0.1, 0.15) is 0 Å². The molecule has 1 fully saturated rings. The van der Waals surface area contributed by atoms with Crippen LogP contribution in [0.2, 0.25) is 0 Å². The molecule has 1 unspecified atom stereocenters. The molecule has 0 saturated carbocycles. The summed E-state index contributed by atoms with van der Waals surface area (Å²) in [6, 6.07) is 0.629. The lowest BCUT2D eigenvalue weighted by Crippen LogP contribution is -2.42. The molecular weight excluding hydrogens is 417 g/mol. The highest BCUT2D eigenvalue weighted by Crippen LogP contribution is 1.99. The monoisotopic (exact) mass is 455 g/mol. The van der Waals surface area contributed by atoms with Crippen molar-refractivity contribution in [3.8, 4) is 0 Å². The van der Waals surface area contributed by atoms with Crippen LogP contribution >= 0.6 is 24.0 Å². The van der Waals surface area contributed by atoms with E-state index < -0.39 is 0 Å². The van der Waals surface area contributed by atoms with Gasteiger partial charge in [0.25, 0.3) is 0 Å². The van der Waals surface area contributed by atoms with Crippen molar-refractivity contribution in [2.75, 3.05) is 66.1 Å². The van der Waals surface area contributed by atoms with E-state index in [4.69, 9.17) is 4.74 Å². The zero-order valence-electron chi connectivity index (χ0n) is 16.0. The minimum Gasteiger partial charge on any atom is -0.379 e. The van der Waals surface area contributed by atoms with E-state index in [1.165, 1.54) is 6.42 Å². The first-order valence-corrected chi connectivity index (χ1v) is 9.19. The summed E-state index contributed by atoms with van der Waals surface area (Å²) in [6.07, 6.45) is 2.29. The summed E-state index contributed by atoms with van der Waals surface area (Å²) in [5, 5.41) is 6.76. The van der Waals surface area contributed by atoms with Crippen LogP contribution in [0.25, 0.3) is 0 Å². The SMILES string of the molecule is CCNC(=NCCCN1CCOCC1)NCCN(C)C(C)CC.I. The summed E-state index contributed by atoms with van der Waals surface area (Å²) in [5.41, 5.74) is 0. The van der Waals surface area contributed by atoms with Gasteiger partial charge in [0.05, 0.1) is 13.2 Å². The molecule has 0 aromatic carbocycles. The molecule has 0 spiro atoms. The molecule has 144 valence electrons. The lowest BCUT2D eigenvalue weighted by molar-refractivity contribution is 0.0377. The van der Waals surface area contributed by atoms with Crippen LogP contribution in [0.15, 0.2) is 4.99 Å². The van der Waals surface area contributed by atoms with E-state index in [-0.39, 0.29) is 24.0 Å². The highest BCUT2D eigenvalue weighted by molar-refractivity contribution is 14.0. The number of halogens is 1. The van der Waals surface area contributed by atoms with E-state index >= 15 is 0 Å². The zero-order valence-corrected chi connectivity index (χ0v) is 18.3. The number of rotatable bonds is 10. The van der Waals surface area contributed by atoms with Crippen LogP contribution in [0.3, 0.4) is 0 Å². The highest BCUT2D eigenvalue weighted by atomic mass is 127. The van der Waals surface area contributed by atoms with Crippen LogP contribution in [0, 0.1) is 0 Å². The summed E-state index contributed by atoms with van der Waals surface area (Å²) in [6.45, 7) is 15.3. The maximum absolute atomic E-state index is 5.37. The third-order valence-electron chi connectivity index (χ3n) is 4.45. The molecule has 0 aromatic heterocycles. The van der Waals surface area contributed by atoms with Crippen molar-refractivity contribution < 1.29 is 4.74 Å². The van der Waals surface area contributed by atoms with Crippen molar-refractivity contribution in [3.05, 3.63) is 0 Å². The van der Waals surface area contributed by atoms with Crippen molar-refractivity contribution in [3.63, 3.8) is 0 Å². The zero-order chi connectivity index (χ0) is 16.9. The van der Waals surface area contributed by atoms with Gasteiger partial charge in [-0.2, -0.15) is 0 Å². The van der Waals surface area contributed by atoms with Crippen LogP contribution in [-0.4, -0.2) is 87.9 Å². The Hall–Kier alpha value is -0.120. The molecule has 24 heavy (non-hydrogen) atoms. The molecule has 0 aromatic rings. The molecule has 0 aliphatic carbocycles. The van der Waals surface area contributed by atoms with Crippen molar-refractivity contribution in [2.45, 2.75) is 39.7 Å². The summed E-state index contributed by atoms with van der Waals surface area (Å²) in [4.78, 5) is 9.52. The molecule has 0 radical (unpaired) electrons. The average Bonchev–Trinajstić information content (AvgIpc) is 2.58. The lowest BCUT2D eigenvalue weighted by Gasteiger charge is -2.26. The van der Waals surface area contributed by atoms with E-state index in [9.17, 15) is 0 Å². The van der Waals surface area contributed by atoms with E-state index in [2.05, 4.69) is 53.2 Å². The van der Waals surface area contributed by atoms with Crippen LogP contribution < -0.4 is 10.6 Å². The van der Waals surface area contributed by atoms with Crippen LogP contribution in [0.4, 0.5) is 0 Å². The Morgan fingerprint density at radius 1 is 1.25 bits per heavy atom. The number of aliphatic imine (C=N–C) groups is 1. The number of hydrogen-bond acceptors (Lipinski definition) is 4. The smallest absolute Gasteiger partial charge is 0.191 e. The van der Waals surface area contributed by atoms with Gasteiger partial charge in [0.2, 0.25) is 0 Å². The summed E-state index contributed by atoms with van der Waals surface area (Å²) in [7, 11) is 2.18. The molecule has 1 aliphatic heterocycles. The van der Waals surface area contributed by atoms with E-state index in [0.717, 1.165) is 71.4 Å². The van der Waals surface area contributed by atoms with Gasteiger partial charge in [0, 0.05) is 51.9 Å². The topological polar surface area (TPSA) is 52.1 Å². The molecular formula is C17H38IN5O. The number of nitrogens with zero attached hydrogens (tertiary/aromatic N) is 3. The summed E-state index contributed by atoms with van der Waals surface area (Å²) >= 11 is 0. The molecule has 1 aliphatic rings. The van der Waals surface area contributed by atoms with Gasteiger partial charge in [-0.15, -0.1) is 24.0 Å². The number of morpholine rings is 1. The van der Waals surface area contributed by atoms with Crippen LogP contribution in [-0.2, 0) is 4.74 Å². The largest absolute Gasteiger partial charge is 0.379 e. The Bertz CT molecular complexity index is 324. The lowest BCUT2D eigenvalue weighted by atomic mass is 10.2. The van der Waals surface area contributed by atoms with Crippen LogP contribution in [0.1, 0.15) is 33.6 Å². The van der Waals surface area contributed by atoms with Crippen molar-refractivity contribution in [2.24, 2.45) is 4.99 Å². The fraction of sp³-hybridized carbons (Fsp3) is 0.941. The second-order valence-electron chi connectivity index (χ2n) is 6.23. The molecule has 0 bridgehead atoms.